The third kappa shape index (κ3) is 5.19. The zero-order valence-corrected chi connectivity index (χ0v) is 16.5. The van der Waals surface area contributed by atoms with Crippen molar-refractivity contribution < 1.29 is 0 Å². The molecule has 0 aliphatic rings. The Morgan fingerprint density at radius 2 is 1.81 bits per heavy atom. The van der Waals surface area contributed by atoms with Gasteiger partial charge in [0.25, 0.3) is 0 Å². The van der Waals surface area contributed by atoms with E-state index >= 15 is 0 Å². The molecule has 0 atom stereocenters. The number of halogens is 1. The Morgan fingerprint density at radius 1 is 1.14 bits per heavy atom. The summed E-state index contributed by atoms with van der Waals surface area (Å²) >= 11 is 3.38. The Kier molecular flexibility index (Phi) is 7.53. The van der Waals surface area contributed by atoms with Gasteiger partial charge in [0.05, 0.1) is 35.0 Å². The molecule has 0 saturated heterocycles. The molecule has 0 saturated carbocycles. The normalized spacial score (nSPS) is 11.1. The highest BCUT2D eigenvalue weighted by molar-refractivity contribution is 14.0. The van der Waals surface area contributed by atoms with Crippen LogP contribution in [0.3, 0.4) is 0 Å². The van der Waals surface area contributed by atoms with Crippen molar-refractivity contribution >= 4 is 52.6 Å². The van der Waals surface area contributed by atoms with Gasteiger partial charge in [0.15, 0.2) is 5.96 Å². The minimum absolute atomic E-state index is 0. The zero-order valence-electron chi connectivity index (χ0n) is 12.6. The number of aryl methyl sites for hydroxylation is 3. The van der Waals surface area contributed by atoms with E-state index in [9.17, 15) is 0 Å². The van der Waals surface area contributed by atoms with Crippen LogP contribution in [0, 0.1) is 20.8 Å². The van der Waals surface area contributed by atoms with E-state index < -0.39 is 0 Å². The molecule has 0 aliphatic carbocycles. The van der Waals surface area contributed by atoms with Gasteiger partial charge in [0.2, 0.25) is 0 Å². The summed E-state index contributed by atoms with van der Waals surface area (Å²) in [6.45, 7) is 7.58. The molecule has 0 amide bonds. The fourth-order valence-electron chi connectivity index (χ4n) is 1.78. The van der Waals surface area contributed by atoms with E-state index in [-0.39, 0.29) is 24.0 Å². The molecule has 2 aromatic rings. The first-order chi connectivity index (χ1) is 9.60. The monoisotopic (exact) mass is 437 g/mol. The molecule has 0 fully saturated rings. The summed E-state index contributed by atoms with van der Waals surface area (Å²) in [6.07, 6.45) is 0. The van der Waals surface area contributed by atoms with Crippen molar-refractivity contribution in [1.82, 2.24) is 20.6 Å². The summed E-state index contributed by atoms with van der Waals surface area (Å²) in [5.74, 6) is 0.795. The topological polar surface area (TPSA) is 62.2 Å². The lowest BCUT2D eigenvalue weighted by Gasteiger charge is -2.10. The van der Waals surface area contributed by atoms with Crippen LogP contribution in [-0.4, -0.2) is 23.0 Å². The van der Waals surface area contributed by atoms with Crippen LogP contribution in [0.25, 0.3) is 0 Å². The highest BCUT2D eigenvalue weighted by atomic mass is 127. The smallest absolute Gasteiger partial charge is 0.191 e. The van der Waals surface area contributed by atoms with Gasteiger partial charge in [0.1, 0.15) is 0 Å². The molecule has 0 spiro atoms. The van der Waals surface area contributed by atoms with Crippen molar-refractivity contribution in [2.75, 3.05) is 7.05 Å². The van der Waals surface area contributed by atoms with Gasteiger partial charge in [-0.05, 0) is 20.8 Å². The lowest BCUT2D eigenvalue weighted by Crippen LogP contribution is -2.36. The summed E-state index contributed by atoms with van der Waals surface area (Å²) in [5.41, 5.74) is 4.03. The molecule has 116 valence electrons. The molecule has 2 N–H and O–H groups in total. The first-order valence-electron chi connectivity index (χ1n) is 6.36. The first kappa shape index (κ1) is 18.3. The fourth-order valence-corrected chi connectivity index (χ4v) is 3.38. The number of aromatic nitrogens is 2. The minimum Gasteiger partial charge on any atom is -0.351 e. The van der Waals surface area contributed by atoms with Crippen LogP contribution >= 0.6 is 46.7 Å². The summed E-state index contributed by atoms with van der Waals surface area (Å²) in [6, 6.07) is 0. The third-order valence-electron chi connectivity index (χ3n) is 2.90. The van der Waals surface area contributed by atoms with Crippen LogP contribution in [-0.2, 0) is 13.1 Å². The number of hydrogen-bond acceptors (Lipinski definition) is 5. The molecule has 0 aliphatic heterocycles. The van der Waals surface area contributed by atoms with Gasteiger partial charge in [-0.1, -0.05) is 0 Å². The molecular formula is C13H20IN5S2. The molecule has 0 bridgehead atoms. The van der Waals surface area contributed by atoms with Gasteiger partial charge in [0, 0.05) is 16.8 Å². The molecule has 2 rings (SSSR count). The average molecular weight is 437 g/mol. The largest absolute Gasteiger partial charge is 0.351 e. The predicted octanol–water partition coefficient (Wildman–Crippen LogP) is 3.01. The van der Waals surface area contributed by atoms with Gasteiger partial charge < -0.3 is 10.6 Å². The second kappa shape index (κ2) is 8.64. The van der Waals surface area contributed by atoms with E-state index in [0.29, 0.717) is 0 Å². The molecule has 0 aromatic carbocycles. The SMILES string of the molecule is CN=C(NCc1scnc1C)NCc1sc(C)nc1C.I. The maximum atomic E-state index is 4.42. The molecule has 0 radical (unpaired) electrons. The highest BCUT2D eigenvalue weighted by Crippen LogP contribution is 2.16. The van der Waals surface area contributed by atoms with Gasteiger partial charge in [-0.15, -0.1) is 46.7 Å². The molecular weight excluding hydrogens is 417 g/mol. The van der Waals surface area contributed by atoms with Crippen LogP contribution < -0.4 is 10.6 Å². The van der Waals surface area contributed by atoms with Gasteiger partial charge >= 0.3 is 0 Å². The van der Waals surface area contributed by atoms with Gasteiger partial charge in [-0.25, -0.2) is 9.97 Å². The summed E-state index contributed by atoms with van der Waals surface area (Å²) in [4.78, 5) is 15.4. The van der Waals surface area contributed by atoms with Crippen LogP contribution in [0.4, 0.5) is 0 Å². The van der Waals surface area contributed by atoms with E-state index in [4.69, 9.17) is 0 Å². The Bertz CT molecular complexity index is 605. The second-order valence-corrected chi connectivity index (χ2v) is 6.61. The zero-order chi connectivity index (χ0) is 14.5. The van der Waals surface area contributed by atoms with E-state index in [1.54, 1.807) is 29.7 Å². The maximum absolute atomic E-state index is 4.42. The number of hydrogen-bond donors (Lipinski definition) is 2. The molecule has 2 heterocycles. The summed E-state index contributed by atoms with van der Waals surface area (Å²) in [7, 11) is 1.78. The van der Waals surface area contributed by atoms with Crippen LogP contribution in [0.2, 0.25) is 0 Å². The van der Waals surface area contributed by atoms with Gasteiger partial charge in [-0.3, -0.25) is 4.99 Å². The molecule has 2 aromatic heterocycles. The van der Waals surface area contributed by atoms with Crippen LogP contribution in [0.1, 0.15) is 26.1 Å². The average Bonchev–Trinajstić information content (AvgIpc) is 2.96. The fraction of sp³-hybridized carbons (Fsp3) is 0.462. The minimum atomic E-state index is 0. The van der Waals surface area contributed by atoms with E-state index in [2.05, 4.69) is 25.6 Å². The Balaban J connectivity index is 0.00000220. The van der Waals surface area contributed by atoms with Crippen molar-refractivity contribution in [2.24, 2.45) is 4.99 Å². The Morgan fingerprint density at radius 3 is 2.29 bits per heavy atom. The van der Waals surface area contributed by atoms with Crippen molar-refractivity contribution in [3.8, 4) is 0 Å². The molecule has 5 nitrogen and oxygen atoms in total. The number of rotatable bonds is 4. The molecule has 21 heavy (non-hydrogen) atoms. The standard InChI is InChI=1S/C13H19N5S2.HI/c1-8-11(19-7-17-8)5-15-13(14-4)16-6-12-9(2)18-10(3)20-12;/h7H,5-6H2,1-4H3,(H2,14,15,16);1H. The molecule has 8 heteroatoms. The first-order valence-corrected chi connectivity index (χ1v) is 8.06. The van der Waals surface area contributed by atoms with E-state index in [1.807, 2.05) is 26.3 Å². The Hall–Kier alpha value is -0.740. The van der Waals surface area contributed by atoms with Crippen molar-refractivity contribution in [1.29, 1.82) is 0 Å². The lowest BCUT2D eigenvalue weighted by atomic mass is 10.4. The van der Waals surface area contributed by atoms with E-state index in [0.717, 1.165) is 35.4 Å². The van der Waals surface area contributed by atoms with Crippen LogP contribution in [0.5, 0.6) is 0 Å². The number of guanidine groups is 1. The van der Waals surface area contributed by atoms with E-state index in [1.165, 1.54) is 9.75 Å². The third-order valence-corrected chi connectivity index (χ3v) is 4.91. The Labute approximate surface area is 150 Å². The van der Waals surface area contributed by atoms with Crippen molar-refractivity contribution in [2.45, 2.75) is 33.9 Å². The van der Waals surface area contributed by atoms with Crippen molar-refractivity contribution in [3.05, 3.63) is 31.7 Å². The number of nitrogens with one attached hydrogen (secondary N) is 2. The highest BCUT2D eigenvalue weighted by Gasteiger charge is 2.07. The number of nitrogens with zero attached hydrogens (tertiary/aromatic N) is 3. The predicted molar refractivity (Wildman–Crippen MR) is 101 cm³/mol. The number of thiazole rings is 2. The molecule has 0 unspecified atom stereocenters. The van der Waals surface area contributed by atoms with Crippen molar-refractivity contribution in [3.63, 3.8) is 0 Å². The summed E-state index contributed by atoms with van der Waals surface area (Å²) in [5, 5.41) is 7.72. The summed E-state index contributed by atoms with van der Waals surface area (Å²) < 4.78 is 0. The quantitative estimate of drug-likeness (QED) is 0.439. The van der Waals surface area contributed by atoms with Crippen LogP contribution in [0.15, 0.2) is 10.5 Å². The maximum Gasteiger partial charge on any atom is 0.191 e. The lowest BCUT2D eigenvalue weighted by molar-refractivity contribution is 0.814. The van der Waals surface area contributed by atoms with Gasteiger partial charge in [-0.2, -0.15) is 0 Å². The second-order valence-electron chi connectivity index (χ2n) is 4.38. The number of aliphatic imine (C=N–C) groups is 1.